The first-order valence-electron chi connectivity index (χ1n) is 4.19. The average Bonchev–Trinajstić information content (AvgIpc) is 2.69. The molecule has 2 rings (SSSR count). The Hall–Kier alpha value is 0.310. The molecule has 0 spiro atoms. The van der Waals surface area contributed by atoms with E-state index in [0.29, 0.717) is 0 Å². The van der Waals surface area contributed by atoms with Crippen LogP contribution in [0.15, 0.2) is 0 Å². The summed E-state index contributed by atoms with van der Waals surface area (Å²) in [5.74, 6) is 5.65. The lowest BCUT2D eigenvalue weighted by atomic mass is 9.92. The van der Waals surface area contributed by atoms with Crippen molar-refractivity contribution in [3.8, 4) is 0 Å². The molecule has 10 heavy (non-hydrogen) atoms. The predicted molar refractivity (Wildman–Crippen MR) is 46.1 cm³/mol. The highest BCUT2D eigenvalue weighted by Gasteiger charge is 2.38. The zero-order valence-corrected chi connectivity index (χ0v) is 7.07. The van der Waals surface area contributed by atoms with Gasteiger partial charge in [-0.1, -0.05) is 0 Å². The smallest absolute Gasteiger partial charge is 0.00239 e. The van der Waals surface area contributed by atoms with Crippen LogP contribution in [0.2, 0.25) is 0 Å². The first-order valence-corrected chi connectivity index (χ1v) is 5.35. The summed E-state index contributed by atoms with van der Waals surface area (Å²) >= 11 is 2.10. The Morgan fingerprint density at radius 3 is 2.70 bits per heavy atom. The first-order chi connectivity index (χ1) is 4.92. The fourth-order valence-electron chi connectivity index (χ4n) is 1.90. The summed E-state index contributed by atoms with van der Waals surface area (Å²) in [6.07, 6.45) is 2.98. The summed E-state index contributed by atoms with van der Waals surface area (Å²) in [6, 6.07) is 0. The Balaban J connectivity index is 1.91. The van der Waals surface area contributed by atoms with Gasteiger partial charge in [0.2, 0.25) is 0 Å². The van der Waals surface area contributed by atoms with Gasteiger partial charge < -0.3 is 5.73 Å². The number of rotatable bonds is 2. The van der Waals surface area contributed by atoms with Crippen molar-refractivity contribution in [2.75, 3.05) is 18.1 Å². The van der Waals surface area contributed by atoms with Crippen molar-refractivity contribution in [2.45, 2.75) is 12.8 Å². The topological polar surface area (TPSA) is 26.0 Å². The van der Waals surface area contributed by atoms with E-state index in [-0.39, 0.29) is 0 Å². The molecule has 2 N–H and O–H groups in total. The molecule has 1 saturated heterocycles. The Morgan fingerprint density at radius 1 is 1.30 bits per heavy atom. The maximum atomic E-state index is 5.68. The standard InChI is InChI=1S/C8H15NS/c9-3-7-4-10-5-8(7)6-1-2-6/h6-8H,1-5,9H2. The van der Waals surface area contributed by atoms with E-state index in [9.17, 15) is 0 Å². The van der Waals surface area contributed by atoms with Crippen LogP contribution in [0.5, 0.6) is 0 Å². The minimum atomic E-state index is 0.859. The Morgan fingerprint density at radius 2 is 2.10 bits per heavy atom. The molecule has 2 atom stereocenters. The highest BCUT2D eigenvalue weighted by Crippen LogP contribution is 2.46. The van der Waals surface area contributed by atoms with E-state index < -0.39 is 0 Å². The molecule has 1 aliphatic carbocycles. The predicted octanol–water partition coefficient (Wildman–Crippen LogP) is 1.33. The van der Waals surface area contributed by atoms with Gasteiger partial charge in [-0.25, -0.2) is 0 Å². The van der Waals surface area contributed by atoms with Gasteiger partial charge in [0.15, 0.2) is 0 Å². The highest BCUT2D eigenvalue weighted by atomic mass is 32.2. The number of thioether (sulfide) groups is 1. The summed E-state index contributed by atoms with van der Waals surface area (Å²) in [5, 5.41) is 0. The molecule has 0 aromatic rings. The van der Waals surface area contributed by atoms with Gasteiger partial charge in [0.25, 0.3) is 0 Å². The van der Waals surface area contributed by atoms with Gasteiger partial charge in [-0.2, -0.15) is 11.8 Å². The van der Waals surface area contributed by atoms with E-state index in [1.54, 1.807) is 0 Å². The van der Waals surface area contributed by atoms with Crippen molar-refractivity contribution in [1.29, 1.82) is 0 Å². The molecule has 1 saturated carbocycles. The molecule has 1 nitrogen and oxygen atoms in total. The van der Waals surface area contributed by atoms with Gasteiger partial charge in [0, 0.05) is 0 Å². The third-order valence-corrected chi connectivity index (χ3v) is 4.06. The van der Waals surface area contributed by atoms with Crippen LogP contribution in [-0.2, 0) is 0 Å². The van der Waals surface area contributed by atoms with E-state index in [1.165, 1.54) is 24.3 Å². The Labute approximate surface area is 66.7 Å². The summed E-state index contributed by atoms with van der Waals surface area (Å²) in [6.45, 7) is 0.925. The Kier molecular flexibility index (Phi) is 1.92. The average molecular weight is 157 g/mol. The number of nitrogens with two attached hydrogens (primary N) is 1. The molecule has 0 bridgehead atoms. The molecule has 58 valence electrons. The van der Waals surface area contributed by atoms with Crippen LogP contribution < -0.4 is 5.73 Å². The van der Waals surface area contributed by atoms with Gasteiger partial charge in [-0.05, 0) is 48.6 Å². The monoisotopic (exact) mass is 157 g/mol. The van der Waals surface area contributed by atoms with Crippen molar-refractivity contribution in [1.82, 2.24) is 0 Å². The van der Waals surface area contributed by atoms with Gasteiger partial charge in [0.1, 0.15) is 0 Å². The molecule has 0 amide bonds. The molecule has 2 unspecified atom stereocenters. The van der Waals surface area contributed by atoms with Crippen LogP contribution >= 0.6 is 11.8 Å². The zero-order valence-electron chi connectivity index (χ0n) is 6.25. The largest absolute Gasteiger partial charge is 0.330 e. The van der Waals surface area contributed by atoms with E-state index in [1.807, 2.05) is 0 Å². The van der Waals surface area contributed by atoms with Crippen LogP contribution in [0.4, 0.5) is 0 Å². The lowest BCUT2D eigenvalue weighted by Crippen LogP contribution is -2.23. The number of hydrogen-bond acceptors (Lipinski definition) is 2. The van der Waals surface area contributed by atoms with Crippen LogP contribution in [0.1, 0.15) is 12.8 Å². The van der Waals surface area contributed by atoms with E-state index >= 15 is 0 Å². The summed E-state index contributed by atoms with van der Waals surface area (Å²) in [7, 11) is 0. The molecule has 0 radical (unpaired) electrons. The normalized spacial score (nSPS) is 40.5. The first kappa shape index (κ1) is 6.99. The SMILES string of the molecule is NCC1CSCC1C1CC1. The van der Waals surface area contributed by atoms with Crippen LogP contribution in [0.3, 0.4) is 0 Å². The Bertz CT molecular complexity index is 122. The molecule has 2 fully saturated rings. The van der Waals surface area contributed by atoms with Crippen molar-refractivity contribution in [2.24, 2.45) is 23.5 Å². The zero-order chi connectivity index (χ0) is 6.97. The van der Waals surface area contributed by atoms with Crippen molar-refractivity contribution >= 4 is 11.8 Å². The number of hydrogen-bond donors (Lipinski definition) is 1. The maximum absolute atomic E-state index is 5.68. The highest BCUT2D eigenvalue weighted by molar-refractivity contribution is 7.99. The van der Waals surface area contributed by atoms with Gasteiger partial charge >= 0.3 is 0 Å². The fourth-order valence-corrected chi connectivity index (χ4v) is 3.54. The third kappa shape index (κ3) is 1.19. The minimum Gasteiger partial charge on any atom is -0.330 e. The lowest BCUT2D eigenvalue weighted by Gasteiger charge is -2.14. The molecule has 2 heteroatoms. The quantitative estimate of drug-likeness (QED) is 0.654. The molecular formula is C8H15NS. The molecule has 2 aliphatic rings. The van der Waals surface area contributed by atoms with Gasteiger partial charge in [0.05, 0.1) is 0 Å². The molecule has 0 aromatic carbocycles. The van der Waals surface area contributed by atoms with E-state index in [2.05, 4.69) is 11.8 Å². The molecule has 1 aliphatic heterocycles. The maximum Gasteiger partial charge on any atom is -0.00239 e. The van der Waals surface area contributed by atoms with Crippen LogP contribution in [0.25, 0.3) is 0 Å². The summed E-state index contributed by atoms with van der Waals surface area (Å²) in [5.41, 5.74) is 5.68. The minimum absolute atomic E-state index is 0.859. The summed E-state index contributed by atoms with van der Waals surface area (Å²) in [4.78, 5) is 0. The fraction of sp³-hybridized carbons (Fsp3) is 1.00. The van der Waals surface area contributed by atoms with Crippen molar-refractivity contribution < 1.29 is 0 Å². The van der Waals surface area contributed by atoms with Crippen LogP contribution in [-0.4, -0.2) is 18.1 Å². The lowest BCUT2D eigenvalue weighted by molar-refractivity contribution is 0.383. The molecular weight excluding hydrogens is 142 g/mol. The second-order valence-corrected chi connectivity index (χ2v) is 4.61. The summed E-state index contributed by atoms with van der Waals surface area (Å²) < 4.78 is 0. The van der Waals surface area contributed by atoms with E-state index in [0.717, 1.165) is 24.3 Å². The second kappa shape index (κ2) is 2.74. The third-order valence-electron chi connectivity index (χ3n) is 2.78. The molecule has 1 heterocycles. The van der Waals surface area contributed by atoms with Crippen LogP contribution in [0, 0.1) is 17.8 Å². The van der Waals surface area contributed by atoms with E-state index in [4.69, 9.17) is 5.73 Å². The second-order valence-electron chi connectivity index (χ2n) is 3.53. The van der Waals surface area contributed by atoms with Gasteiger partial charge in [-0.15, -0.1) is 0 Å². The molecule has 0 aromatic heterocycles. The van der Waals surface area contributed by atoms with Crippen molar-refractivity contribution in [3.05, 3.63) is 0 Å². The van der Waals surface area contributed by atoms with Crippen molar-refractivity contribution in [3.63, 3.8) is 0 Å². The van der Waals surface area contributed by atoms with Gasteiger partial charge in [-0.3, -0.25) is 0 Å².